The first-order valence-corrected chi connectivity index (χ1v) is 10.0. The van der Waals surface area contributed by atoms with Gasteiger partial charge in [-0.25, -0.2) is 0 Å². The fourth-order valence-electron chi connectivity index (χ4n) is 3.62. The molecule has 2 aliphatic rings. The molecule has 3 rings (SSSR count). The minimum absolute atomic E-state index is 0.0301. The van der Waals surface area contributed by atoms with Crippen molar-refractivity contribution < 1.29 is 24.2 Å². The van der Waals surface area contributed by atoms with Crippen LogP contribution in [0.3, 0.4) is 0 Å². The smallest absolute Gasteiger partial charge is 0.222 e. The number of amides is 2. The van der Waals surface area contributed by atoms with Crippen LogP contribution in [0.5, 0.6) is 5.75 Å². The standard InChI is InChI=1S/C21H30N2O5/c1-27-18-5-3-2-4-15(18)12-22-20(25)11-16-8-9-17(19(13-24)28-16)23-21(26)10-14-6-7-14/h2-5,14,16-17,19,24H,6-13H2,1H3,(H,22,25)(H,23,26)/t16-,17+,19+/m0/s1. The fourth-order valence-corrected chi connectivity index (χ4v) is 3.62. The summed E-state index contributed by atoms with van der Waals surface area (Å²) >= 11 is 0. The highest BCUT2D eigenvalue weighted by atomic mass is 16.5. The Morgan fingerprint density at radius 2 is 1.93 bits per heavy atom. The van der Waals surface area contributed by atoms with Crippen LogP contribution in [0.4, 0.5) is 0 Å². The van der Waals surface area contributed by atoms with Gasteiger partial charge in [0.25, 0.3) is 0 Å². The van der Waals surface area contributed by atoms with Gasteiger partial charge in [0, 0.05) is 18.5 Å². The van der Waals surface area contributed by atoms with E-state index in [1.807, 2.05) is 24.3 Å². The van der Waals surface area contributed by atoms with E-state index in [4.69, 9.17) is 9.47 Å². The van der Waals surface area contributed by atoms with Gasteiger partial charge < -0.3 is 25.2 Å². The molecule has 0 bridgehead atoms. The van der Waals surface area contributed by atoms with Gasteiger partial charge in [-0.2, -0.15) is 0 Å². The lowest BCUT2D eigenvalue weighted by atomic mass is 9.96. The molecule has 1 aliphatic carbocycles. The third-order valence-electron chi connectivity index (χ3n) is 5.39. The van der Waals surface area contributed by atoms with E-state index in [0.29, 0.717) is 31.7 Å². The van der Waals surface area contributed by atoms with Crippen LogP contribution in [0.25, 0.3) is 0 Å². The maximum Gasteiger partial charge on any atom is 0.222 e. The molecular formula is C21H30N2O5. The molecule has 0 spiro atoms. The lowest BCUT2D eigenvalue weighted by molar-refractivity contribution is -0.136. The minimum atomic E-state index is -0.469. The van der Waals surface area contributed by atoms with Crippen molar-refractivity contribution in [2.24, 2.45) is 5.92 Å². The van der Waals surface area contributed by atoms with Crippen molar-refractivity contribution in [1.29, 1.82) is 0 Å². The second kappa shape index (κ2) is 9.89. The number of ether oxygens (including phenoxy) is 2. The third-order valence-corrected chi connectivity index (χ3v) is 5.39. The van der Waals surface area contributed by atoms with Crippen molar-refractivity contribution in [3.8, 4) is 5.75 Å². The molecule has 2 fully saturated rings. The van der Waals surface area contributed by atoms with E-state index in [1.165, 1.54) is 0 Å². The van der Waals surface area contributed by atoms with Gasteiger partial charge in [0.1, 0.15) is 11.9 Å². The average molecular weight is 390 g/mol. The highest BCUT2D eigenvalue weighted by Gasteiger charge is 2.34. The molecule has 1 aliphatic heterocycles. The fraction of sp³-hybridized carbons (Fsp3) is 0.619. The van der Waals surface area contributed by atoms with Crippen LogP contribution < -0.4 is 15.4 Å². The summed E-state index contributed by atoms with van der Waals surface area (Å²) < 4.78 is 11.2. The Balaban J connectivity index is 1.43. The number of aliphatic hydroxyl groups excluding tert-OH is 1. The zero-order valence-corrected chi connectivity index (χ0v) is 16.4. The van der Waals surface area contributed by atoms with Crippen LogP contribution in [0.1, 0.15) is 44.1 Å². The predicted molar refractivity (Wildman–Crippen MR) is 104 cm³/mol. The van der Waals surface area contributed by atoms with Crippen LogP contribution >= 0.6 is 0 Å². The number of hydrogen-bond donors (Lipinski definition) is 3. The Bertz CT molecular complexity index is 677. The van der Waals surface area contributed by atoms with Gasteiger partial charge in [-0.15, -0.1) is 0 Å². The minimum Gasteiger partial charge on any atom is -0.496 e. The number of hydrogen-bond acceptors (Lipinski definition) is 5. The first kappa shape index (κ1) is 20.6. The molecule has 7 nitrogen and oxygen atoms in total. The highest BCUT2D eigenvalue weighted by Crippen LogP contribution is 2.32. The van der Waals surface area contributed by atoms with E-state index in [0.717, 1.165) is 24.2 Å². The van der Waals surface area contributed by atoms with Gasteiger partial charge in [-0.05, 0) is 37.7 Å². The molecule has 0 radical (unpaired) electrons. The summed E-state index contributed by atoms with van der Waals surface area (Å²) in [5, 5.41) is 15.5. The summed E-state index contributed by atoms with van der Waals surface area (Å²) in [6.07, 6.45) is 3.70. The van der Waals surface area contributed by atoms with E-state index in [-0.39, 0.29) is 37.0 Å². The molecule has 28 heavy (non-hydrogen) atoms. The van der Waals surface area contributed by atoms with Crippen molar-refractivity contribution >= 4 is 11.8 Å². The lowest BCUT2D eigenvalue weighted by Gasteiger charge is -2.36. The summed E-state index contributed by atoms with van der Waals surface area (Å²) in [6.45, 7) is 0.215. The topological polar surface area (TPSA) is 96.9 Å². The number of carbonyl (C=O) groups excluding carboxylic acids is 2. The number of para-hydroxylation sites is 1. The molecule has 0 aromatic heterocycles. The maximum absolute atomic E-state index is 12.3. The zero-order valence-electron chi connectivity index (χ0n) is 16.4. The number of carbonyl (C=O) groups is 2. The number of methoxy groups -OCH3 is 1. The largest absolute Gasteiger partial charge is 0.496 e. The molecule has 1 heterocycles. The quantitative estimate of drug-likeness (QED) is 0.594. The zero-order chi connectivity index (χ0) is 19.9. The molecule has 1 saturated carbocycles. The molecule has 3 N–H and O–H groups in total. The van der Waals surface area contributed by atoms with E-state index >= 15 is 0 Å². The Morgan fingerprint density at radius 3 is 2.64 bits per heavy atom. The van der Waals surface area contributed by atoms with Crippen molar-refractivity contribution in [3.63, 3.8) is 0 Å². The summed E-state index contributed by atoms with van der Waals surface area (Å²) in [5.74, 6) is 1.19. The van der Waals surface area contributed by atoms with E-state index in [9.17, 15) is 14.7 Å². The number of aliphatic hydroxyl groups is 1. The molecule has 1 saturated heterocycles. The van der Waals surface area contributed by atoms with Crippen LogP contribution in [-0.4, -0.2) is 48.9 Å². The molecular weight excluding hydrogens is 360 g/mol. The van der Waals surface area contributed by atoms with E-state index in [1.54, 1.807) is 7.11 Å². The Labute approximate surface area is 165 Å². The monoisotopic (exact) mass is 390 g/mol. The first-order valence-electron chi connectivity index (χ1n) is 10.0. The van der Waals surface area contributed by atoms with Crippen molar-refractivity contribution in [2.75, 3.05) is 13.7 Å². The second-order valence-electron chi connectivity index (χ2n) is 7.67. The van der Waals surface area contributed by atoms with Crippen molar-refractivity contribution in [2.45, 2.75) is 63.3 Å². The van der Waals surface area contributed by atoms with Gasteiger partial charge in [0.05, 0.1) is 32.3 Å². The first-order chi connectivity index (χ1) is 13.6. The van der Waals surface area contributed by atoms with Crippen LogP contribution in [-0.2, 0) is 20.9 Å². The summed E-state index contributed by atoms with van der Waals surface area (Å²) in [7, 11) is 1.60. The molecule has 0 unspecified atom stereocenters. The van der Waals surface area contributed by atoms with Crippen LogP contribution in [0, 0.1) is 5.92 Å². The van der Waals surface area contributed by atoms with Gasteiger partial charge in [-0.1, -0.05) is 18.2 Å². The number of benzene rings is 1. The lowest BCUT2D eigenvalue weighted by Crippen LogP contribution is -2.51. The van der Waals surface area contributed by atoms with Gasteiger partial charge in [0.2, 0.25) is 11.8 Å². The van der Waals surface area contributed by atoms with Crippen molar-refractivity contribution in [3.05, 3.63) is 29.8 Å². The predicted octanol–water partition coefficient (Wildman–Crippen LogP) is 1.53. The molecule has 1 aromatic rings. The maximum atomic E-state index is 12.3. The summed E-state index contributed by atoms with van der Waals surface area (Å²) in [6, 6.07) is 7.36. The summed E-state index contributed by atoms with van der Waals surface area (Å²) in [5.41, 5.74) is 0.912. The Hall–Kier alpha value is -2.12. The average Bonchev–Trinajstić information content (AvgIpc) is 3.51. The Kier molecular flexibility index (Phi) is 7.28. The molecule has 154 valence electrons. The molecule has 7 heteroatoms. The Morgan fingerprint density at radius 1 is 1.14 bits per heavy atom. The van der Waals surface area contributed by atoms with E-state index in [2.05, 4.69) is 10.6 Å². The van der Waals surface area contributed by atoms with Gasteiger partial charge >= 0.3 is 0 Å². The summed E-state index contributed by atoms with van der Waals surface area (Å²) in [4.78, 5) is 24.3. The van der Waals surface area contributed by atoms with Crippen LogP contribution in [0.2, 0.25) is 0 Å². The number of nitrogens with one attached hydrogen (secondary N) is 2. The van der Waals surface area contributed by atoms with Crippen molar-refractivity contribution in [1.82, 2.24) is 10.6 Å². The third kappa shape index (κ3) is 5.94. The van der Waals surface area contributed by atoms with Crippen LogP contribution in [0.15, 0.2) is 24.3 Å². The SMILES string of the molecule is COc1ccccc1CNC(=O)C[C@@H]1CC[C@@H](NC(=O)CC2CC2)[C@@H](CO)O1. The van der Waals surface area contributed by atoms with E-state index < -0.39 is 6.10 Å². The number of rotatable bonds is 9. The highest BCUT2D eigenvalue weighted by molar-refractivity contribution is 5.77. The molecule has 1 aromatic carbocycles. The molecule has 2 amide bonds. The second-order valence-corrected chi connectivity index (χ2v) is 7.67. The van der Waals surface area contributed by atoms with Gasteiger partial charge in [0.15, 0.2) is 0 Å². The normalized spacial score (nSPS) is 24.4. The molecule has 3 atom stereocenters. The van der Waals surface area contributed by atoms with Gasteiger partial charge in [-0.3, -0.25) is 9.59 Å².